The second-order valence-electron chi connectivity index (χ2n) is 5.33. The zero-order valence-corrected chi connectivity index (χ0v) is 12.8. The van der Waals surface area contributed by atoms with Crippen molar-refractivity contribution in [2.24, 2.45) is 0 Å². The number of H-pyrrole nitrogens is 1. The first-order valence-electron chi connectivity index (χ1n) is 6.72. The predicted molar refractivity (Wildman–Crippen MR) is 82.0 cm³/mol. The first-order chi connectivity index (χ1) is 9.31. The lowest BCUT2D eigenvalue weighted by Crippen LogP contribution is -2.44. The summed E-state index contributed by atoms with van der Waals surface area (Å²) in [6, 6.07) is 5.16. The fourth-order valence-corrected chi connectivity index (χ4v) is 3.84. The van der Waals surface area contributed by atoms with Gasteiger partial charge in [0.15, 0.2) is 0 Å². The molecule has 5 nitrogen and oxygen atoms in total. The van der Waals surface area contributed by atoms with E-state index in [1.807, 2.05) is 20.8 Å². The topological polar surface area (TPSA) is 88.0 Å². The number of hydrogen-bond acceptors (Lipinski definition) is 3. The highest BCUT2D eigenvalue weighted by Gasteiger charge is 2.29. The van der Waals surface area contributed by atoms with Gasteiger partial charge in [-0.05, 0) is 38.0 Å². The summed E-state index contributed by atoms with van der Waals surface area (Å²) in [7, 11) is -3.56. The van der Waals surface area contributed by atoms with Crippen molar-refractivity contribution in [1.82, 2.24) is 9.71 Å². The third-order valence-electron chi connectivity index (χ3n) is 3.90. The molecule has 110 valence electrons. The second kappa shape index (κ2) is 5.10. The first-order valence-corrected chi connectivity index (χ1v) is 8.20. The number of nitrogens with one attached hydrogen (secondary N) is 2. The summed E-state index contributed by atoms with van der Waals surface area (Å²) in [4.78, 5) is 3.22. The molecule has 20 heavy (non-hydrogen) atoms. The molecular weight excluding hydrogens is 274 g/mol. The minimum atomic E-state index is -3.56. The summed E-state index contributed by atoms with van der Waals surface area (Å²) >= 11 is 0. The van der Waals surface area contributed by atoms with Crippen LogP contribution in [0.4, 0.5) is 5.69 Å². The monoisotopic (exact) mass is 295 g/mol. The van der Waals surface area contributed by atoms with Crippen LogP contribution in [0.1, 0.15) is 33.6 Å². The largest absolute Gasteiger partial charge is 0.399 e. The third-order valence-corrected chi connectivity index (χ3v) is 5.58. The smallest absolute Gasteiger partial charge is 0.243 e. The van der Waals surface area contributed by atoms with E-state index in [0.717, 1.165) is 18.4 Å². The van der Waals surface area contributed by atoms with Gasteiger partial charge in [-0.15, -0.1) is 0 Å². The molecule has 4 N–H and O–H groups in total. The van der Waals surface area contributed by atoms with Crippen LogP contribution in [0, 0.1) is 0 Å². The van der Waals surface area contributed by atoms with E-state index in [1.165, 1.54) is 6.20 Å². The highest BCUT2D eigenvalue weighted by Crippen LogP contribution is 2.26. The Morgan fingerprint density at radius 1 is 1.30 bits per heavy atom. The van der Waals surface area contributed by atoms with Gasteiger partial charge >= 0.3 is 0 Å². The molecule has 2 rings (SSSR count). The minimum Gasteiger partial charge on any atom is -0.399 e. The van der Waals surface area contributed by atoms with Crippen LogP contribution < -0.4 is 10.5 Å². The lowest BCUT2D eigenvalue weighted by atomic mass is 9.98. The van der Waals surface area contributed by atoms with Crippen LogP contribution in [0.2, 0.25) is 0 Å². The van der Waals surface area contributed by atoms with E-state index in [1.54, 1.807) is 18.2 Å². The molecule has 0 bridgehead atoms. The molecule has 1 aromatic heterocycles. The van der Waals surface area contributed by atoms with Crippen LogP contribution in [0.3, 0.4) is 0 Å². The molecule has 0 aliphatic heterocycles. The number of fused-ring (bicyclic) bond motifs is 1. The minimum absolute atomic E-state index is 0.264. The Hall–Kier alpha value is -1.53. The Labute approximate surface area is 119 Å². The molecular formula is C14H21N3O2S. The first kappa shape index (κ1) is 14.9. The van der Waals surface area contributed by atoms with E-state index in [2.05, 4.69) is 9.71 Å². The average molecular weight is 295 g/mol. The highest BCUT2D eigenvalue weighted by molar-refractivity contribution is 7.89. The van der Waals surface area contributed by atoms with Gasteiger partial charge in [-0.3, -0.25) is 0 Å². The van der Waals surface area contributed by atoms with Crippen LogP contribution in [0.25, 0.3) is 10.9 Å². The molecule has 1 heterocycles. The zero-order chi connectivity index (χ0) is 15.0. The number of aromatic amines is 1. The standard InChI is InChI=1S/C14H21N3O2S/c1-4-14(3,5-2)17-20(18,19)13-9-16-12-8-10(15)6-7-11(12)13/h6-9,16-17H,4-5,15H2,1-3H3. The molecule has 0 aliphatic rings. The Balaban J connectivity index is 2.47. The molecule has 0 saturated carbocycles. The van der Waals surface area contributed by atoms with Gasteiger partial charge in [0, 0.05) is 28.3 Å². The Kier molecular flexibility index (Phi) is 3.80. The van der Waals surface area contributed by atoms with Gasteiger partial charge in [-0.2, -0.15) is 0 Å². The molecule has 0 radical (unpaired) electrons. The van der Waals surface area contributed by atoms with Crippen molar-refractivity contribution in [2.45, 2.75) is 44.0 Å². The van der Waals surface area contributed by atoms with E-state index < -0.39 is 15.6 Å². The SMILES string of the molecule is CCC(C)(CC)NS(=O)(=O)c1c[nH]c2cc(N)ccc12. The summed E-state index contributed by atoms with van der Waals surface area (Å²) in [6.45, 7) is 5.86. The Bertz CT molecular complexity index is 715. The fraction of sp³-hybridized carbons (Fsp3) is 0.429. The van der Waals surface area contributed by atoms with Gasteiger partial charge in [-0.25, -0.2) is 13.1 Å². The van der Waals surface area contributed by atoms with Crippen LogP contribution in [0.5, 0.6) is 0 Å². The quantitative estimate of drug-likeness (QED) is 0.741. The number of hydrogen-bond donors (Lipinski definition) is 3. The van der Waals surface area contributed by atoms with Crippen molar-refractivity contribution in [3.63, 3.8) is 0 Å². The average Bonchev–Trinajstić information content (AvgIpc) is 2.81. The lowest BCUT2D eigenvalue weighted by Gasteiger charge is -2.27. The molecule has 0 aliphatic carbocycles. The van der Waals surface area contributed by atoms with Crippen LogP contribution in [-0.2, 0) is 10.0 Å². The van der Waals surface area contributed by atoms with Crippen LogP contribution in [0.15, 0.2) is 29.3 Å². The van der Waals surface area contributed by atoms with E-state index in [4.69, 9.17) is 5.73 Å². The fourth-order valence-electron chi connectivity index (χ4n) is 2.11. The van der Waals surface area contributed by atoms with Crippen LogP contribution in [-0.4, -0.2) is 18.9 Å². The number of nitrogens with two attached hydrogens (primary N) is 1. The van der Waals surface area contributed by atoms with Crippen molar-refractivity contribution < 1.29 is 8.42 Å². The van der Waals surface area contributed by atoms with Gasteiger partial charge < -0.3 is 10.7 Å². The molecule has 0 spiro atoms. The van der Waals surface area contributed by atoms with Gasteiger partial charge in [0.25, 0.3) is 0 Å². The summed E-state index contributed by atoms with van der Waals surface area (Å²) < 4.78 is 27.9. The van der Waals surface area contributed by atoms with Crippen molar-refractivity contribution in [2.75, 3.05) is 5.73 Å². The predicted octanol–water partition coefficient (Wildman–Crippen LogP) is 2.61. The molecule has 2 aromatic rings. The van der Waals surface area contributed by atoms with Gasteiger partial charge in [-0.1, -0.05) is 13.8 Å². The maximum Gasteiger partial charge on any atom is 0.243 e. The maximum absolute atomic E-state index is 12.6. The van der Waals surface area contributed by atoms with Crippen molar-refractivity contribution >= 4 is 26.6 Å². The molecule has 0 fully saturated rings. The molecule has 0 unspecified atom stereocenters. The molecule has 6 heteroatoms. The van der Waals surface area contributed by atoms with Gasteiger partial charge in [0.05, 0.1) is 0 Å². The molecule has 0 saturated heterocycles. The van der Waals surface area contributed by atoms with Crippen molar-refractivity contribution in [1.29, 1.82) is 0 Å². The van der Waals surface area contributed by atoms with E-state index in [0.29, 0.717) is 11.1 Å². The highest BCUT2D eigenvalue weighted by atomic mass is 32.2. The number of benzene rings is 1. The maximum atomic E-state index is 12.6. The van der Waals surface area contributed by atoms with Gasteiger partial charge in [0.2, 0.25) is 10.0 Å². The van der Waals surface area contributed by atoms with Crippen molar-refractivity contribution in [3.8, 4) is 0 Å². The Morgan fingerprint density at radius 3 is 2.55 bits per heavy atom. The van der Waals surface area contributed by atoms with Crippen LogP contribution >= 0.6 is 0 Å². The summed E-state index contributed by atoms with van der Waals surface area (Å²) in [5.74, 6) is 0. The third kappa shape index (κ3) is 2.66. The van der Waals surface area contributed by atoms with E-state index in [-0.39, 0.29) is 4.90 Å². The normalized spacial score (nSPS) is 12.9. The number of sulfonamides is 1. The summed E-state index contributed by atoms with van der Waals surface area (Å²) in [5.41, 5.74) is 6.59. The number of aromatic nitrogens is 1. The summed E-state index contributed by atoms with van der Waals surface area (Å²) in [5, 5.41) is 0.654. The van der Waals surface area contributed by atoms with Gasteiger partial charge in [0.1, 0.15) is 4.90 Å². The lowest BCUT2D eigenvalue weighted by molar-refractivity contribution is 0.389. The second-order valence-corrected chi connectivity index (χ2v) is 6.98. The zero-order valence-electron chi connectivity index (χ0n) is 12.0. The number of nitrogen functional groups attached to an aromatic ring is 1. The number of rotatable bonds is 5. The molecule has 0 amide bonds. The van der Waals surface area contributed by atoms with E-state index >= 15 is 0 Å². The van der Waals surface area contributed by atoms with Crippen molar-refractivity contribution in [3.05, 3.63) is 24.4 Å². The number of anilines is 1. The molecule has 1 aromatic carbocycles. The Morgan fingerprint density at radius 2 is 1.95 bits per heavy atom. The molecule has 0 atom stereocenters. The summed E-state index contributed by atoms with van der Waals surface area (Å²) in [6.07, 6.45) is 2.98. The van der Waals surface area contributed by atoms with E-state index in [9.17, 15) is 8.42 Å².